The van der Waals surface area contributed by atoms with E-state index in [2.05, 4.69) is 31.6 Å². The van der Waals surface area contributed by atoms with Gasteiger partial charge in [0.15, 0.2) is 0 Å². The molecule has 23 heavy (non-hydrogen) atoms. The second-order valence-electron chi connectivity index (χ2n) is 8.01. The van der Waals surface area contributed by atoms with Crippen LogP contribution in [-0.2, 0) is 4.79 Å². The van der Waals surface area contributed by atoms with E-state index in [1.807, 2.05) is 0 Å². The van der Waals surface area contributed by atoms with Gasteiger partial charge in [-0.1, -0.05) is 36.6 Å². The van der Waals surface area contributed by atoms with Gasteiger partial charge in [-0.2, -0.15) is 0 Å². The van der Waals surface area contributed by atoms with Crippen molar-refractivity contribution < 1.29 is 4.79 Å². The molecule has 0 aromatic rings. The molecule has 0 spiro atoms. The lowest BCUT2D eigenvalue weighted by Gasteiger charge is -2.53. The molecule has 0 amide bonds. The van der Waals surface area contributed by atoms with Crippen LogP contribution >= 0.6 is 0 Å². The van der Waals surface area contributed by atoms with Gasteiger partial charge in [-0.25, -0.2) is 0 Å². The maximum atomic E-state index is 12.7. The lowest BCUT2D eigenvalue weighted by atomic mass is 9.50. The van der Waals surface area contributed by atoms with Crippen LogP contribution in [0.4, 0.5) is 0 Å². The first-order valence-corrected chi connectivity index (χ1v) is 9.19. The monoisotopic (exact) mass is 306 g/mol. The van der Waals surface area contributed by atoms with Crippen LogP contribution in [0.1, 0.15) is 51.9 Å². The number of allylic oxidation sites excluding steroid dienone is 5. The van der Waals surface area contributed by atoms with Gasteiger partial charge < -0.3 is 0 Å². The van der Waals surface area contributed by atoms with Gasteiger partial charge in [0.1, 0.15) is 5.78 Å². The molecule has 1 nitrogen and oxygen atoms in total. The molecule has 4 aliphatic carbocycles. The Morgan fingerprint density at radius 1 is 1.39 bits per heavy atom. The molecule has 120 valence electrons. The number of ketones is 1. The molecule has 0 aromatic carbocycles. The zero-order valence-corrected chi connectivity index (χ0v) is 14.1. The number of carbonyl (C=O) groups excluding carboxylic acids is 1. The first-order valence-electron chi connectivity index (χ1n) is 9.19. The van der Waals surface area contributed by atoms with E-state index in [0.29, 0.717) is 29.5 Å². The largest absolute Gasteiger partial charge is 0.299 e. The summed E-state index contributed by atoms with van der Waals surface area (Å²) in [5.74, 6) is 5.72. The number of fused-ring (bicyclic) bond motifs is 5. The summed E-state index contributed by atoms with van der Waals surface area (Å²) in [5.41, 5.74) is 3.86. The summed E-state index contributed by atoms with van der Waals surface area (Å²) in [4.78, 5) is 12.7. The number of rotatable bonds is 1. The zero-order chi connectivity index (χ0) is 16.2. The molecule has 3 fully saturated rings. The van der Waals surface area contributed by atoms with Crippen molar-refractivity contribution in [2.75, 3.05) is 0 Å². The second kappa shape index (κ2) is 5.23. The molecule has 0 unspecified atom stereocenters. The zero-order valence-electron chi connectivity index (χ0n) is 14.1. The average molecular weight is 306 g/mol. The van der Waals surface area contributed by atoms with Gasteiger partial charge in [-0.3, -0.25) is 4.79 Å². The smallest absolute Gasteiger partial charge is 0.139 e. The Kier molecular flexibility index (Phi) is 3.41. The summed E-state index contributed by atoms with van der Waals surface area (Å²) in [6.45, 7) is 6.68. The van der Waals surface area contributed by atoms with E-state index >= 15 is 0 Å². The first kappa shape index (κ1) is 15.0. The summed E-state index contributed by atoms with van der Waals surface area (Å²) in [5, 5.41) is 0. The highest BCUT2D eigenvalue weighted by Gasteiger charge is 2.58. The van der Waals surface area contributed by atoms with Crippen molar-refractivity contribution in [1.29, 1.82) is 0 Å². The van der Waals surface area contributed by atoms with Crippen molar-refractivity contribution in [3.63, 3.8) is 0 Å². The number of terminal acetylenes is 1. The van der Waals surface area contributed by atoms with Crippen LogP contribution in [-0.4, -0.2) is 5.78 Å². The molecule has 1 heteroatoms. The summed E-state index contributed by atoms with van der Waals surface area (Å²) >= 11 is 0. The van der Waals surface area contributed by atoms with E-state index in [4.69, 9.17) is 6.42 Å². The van der Waals surface area contributed by atoms with E-state index in [-0.39, 0.29) is 5.41 Å². The van der Waals surface area contributed by atoms with Gasteiger partial charge in [-0.05, 0) is 68.3 Å². The highest BCUT2D eigenvalue weighted by molar-refractivity contribution is 5.88. The highest BCUT2D eigenvalue weighted by Crippen LogP contribution is 2.63. The number of hydrogen-bond donors (Lipinski definition) is 0. The molecule has 0 saturated heterocycles. The fraction of sp³-hybridized carbons (Fsp3) is 0.591. The third kappa shape index (κ3) is 1.97. The summed E-state index contributed by atoms with van der Waals surface area (Å²) < 4.78 is 0. The minimum absolute atomic E-state index is 0.0754. The van der Waals surface area contributed by atoms with Crippen LogP contribution in [0.5, 0.6) is 0 Å². The van der Waals surface area contributed by atoms with Gasteiger partial charge in [-0.15, -0.1) is 6.42 Å². The van der Waals surface area contributed by atoms with Crippen LogP contribution in [0, 0.1) is 41.4 Å². The van der Waals surface area contributed by atoms with Gasteiger partial charge in [0.25, 0.3) is 0 Å². The summed E-state index contributed by atoms with van der Waals surface area (Å²) in [6, 6.07) is 0. The van der Waals surface area contributed by atoms with Gasteiger partial charge in [0.2, 0.25) is 0 Å². The fourth-order valence-corrected chi connectivity index (χ4v) is 6.34. The van der Waals surface area contributed by atoms with Crippen molar-refractivity contribution in [2.45, 2.75) is 51.9 Å². The SMILES string of the molecule is C#CC1=CC[C@H]2C(=C1)CC[C@@H]1[C@@H]2C(=C)C[C@]2(CC)C(=O)CC[C@@H]12. The third-order valence-electron chi connectivity index (χ3n) is 7.35. The average Bonchev–Trinajstić information content (AvgIpc) is 2.91. The van der Waals surface area contributed by atoms with E-state index < -0.39 is 0 Å². The van der Waals surface area contributed by atoms with Crippen molar-refractivity contribution in [1.82, 2.24) is 0 Å². The second-order valence-corrected chi connectivity index (χ2v) is 8.01. The lowest BCUT2D eigenvalue weighted by Crippen LogP contribution is -2.48. The van der Waals surface area contributed by atoms with Crippen LogP contribution in [0.2, 0.25) is 0 Å². The molecule has 5 atom stereocenters. The Balaban J connectivity index is 1.70. The van der Waals surface area contributed by atoms with Crippen molar-refractivity contribution in [2.24, 2.45) is 29.1 Å². The Hall–Kier alpha value is -1.55. The van der Waals surface area contributed by atoms with Gasteiger partial charge >= 0.3 is 0 Å². The van der Waals surface area contributed by atoms with Crippen LogP contribution in [0.25, 0.3) is 0 Å². The normalized spacial score (nSPS) is 42.1. The Labute approximate surface area is 139 Å². The maximum absolute atomic E-state index is 12.7. The van der Waals surface area contributed by atoms with E-state index in [0.717, 1.165) is 44.1 Å². The van der Waals surface area contributed by atoms with Gasteiger partial charge in [0.05, 0.1) is 0 Å². The van der Waals surface area contributed by atoms with Crippen LogP contribution < -0.4 is 0 Å². The van der Waals surface area contributed by atoms with E-state index in [1.54, 1.807) is 0 Å². The molecule has 3 saturated carbocycles. The highest BCUT2D eigenvalue weighted by atomic mass is 16.1. The van der Waals surface area contributed by atoms with E-state index in [9.17, 15) is 4.79 Å². The van der Waals surface area contributed by atoms with Crippen LogP contribution in [0.3, 0.4) is 0 Å². The minimum Gasteiger partial charge on any atom is -0.299 e. The van der Waals surface area contributed by atoms with Crippen molar-refractivity contribution in [3.8, 4) is 12.3 Å². The quantitative estimate of drug-likeness (QED) is 0.500. The molecular weight excluding hydrogens is 280 g/mol. The summed E-state index contributed by atoms with van der Waals surface area (Å²) in [7, 11) is 0. The molecule has 0 heterocycles. The van der Waals surface area contributed by atoms with Crippen LogP contribution in [0.15, 0.2) is 35.5 Å². The molecule has 0 N–H and O–H groups in total. The Morgan fingerprint density at radius 2 is 2.22 bits per heavy atom. The molecule has 0 bridgehead atoms. The minimum atomic E-state index is -0.0754. The predicted octanol–water partition coefficient (Wildman–Crippen LogP) is 4.85. The molecule has 0 radical (unpaired) electrons. The predicted molar refractivity (Wildman–Crippen MR) is 93.5 cm³/mol. The third-order valence-corrected chi connectivity index (χ3v) is 7.35. The molecule has 0 aliphatic heterocycles. The number of Topliss-reactive ketones (excluding diaryl/α,β-unsaturated/α-hetero) is 1. The first-order chi connectivity index (χ1) is 11.1. The molecule has 4 rings (SSSR count). The molecule has 0 aromatic heterocycles. The summed E-state index contributed by atoms with van der Waals surface area (Å²) in [6.07, 6.45) is 17.3. The standard InChI is InChI=1S/C22H26O/c1-4-15-6-8-17-16(12-15)7-9-18-19-10-11-20(23)22(19,5-2)13-14(3)21(17)18/h1,6,12,17-19,21H,3,5,7-11,13H2,2H3/t17-,18-,19-,21+,22-/m0/s1. The number of hydrogen-bond acceptors (Lipinski definition) is 1. The fourth-order valence-electron chi connectivity index (χ4n) is 6.34. The van der Waals surface area contributed by atoms with Gasteiger partial charge in [0, 0.05) is 17.4 Å². The topological polar surface area (TPSA) is 17.1 Å². The number of carbonyl (C=O) groups is 1. The Morgan fingerprint density at radius 3 is 2.96 bits per heavy atom. The van der Waals surface area contributed by atoms with E-state index in [1.165, 1.54) is 17.6 Å². The van der Waals surface area contributed by atoms with Crippen molar-refractivity contribution in [3.05, 3.63) is 35.5 Å². The lowest BCUT2D eigenvalue weighted by molar-refractivity contribution is -0.130. The maximum Gasteiger partial charge on any atom is 0.139 e. The molecule has 4 aliphatic rings. The molecular formula is C22H26O. The van der Waals surface area contributed by atoms with Crippen molar-refractivity contribution >= 4 is 5.78 Å². The Bertz CT molecular complexity index is 671.